The van der Waals surface area contributed by atoms with Crippen molar-refractivity contribution >= 4 is 44.1 Å². The maximum absolute atomic E-state index is 13.8. The number of nitrogens with zero attached hydrogens (tertiary/aromatic N) is 2. The van der Waals surface area contributed by atoms with Gasteiger partial charge in [0.25, 0.3) is 5.78 Å². The number of carbonyl (C=O) groups excluding carboxylic acids is 2. The van der Waals surface area contributed by atoms with Crippen LogP contribution in [0.5, 0.6) is 5.75 Å². The summed E-state index contributed by atoms with van der Waals surface area (Å²) in [6.45, 7) is 6.44. The lowest BCUT2D eigenvalue weighted by Crippen LogP contribution is -2.29. The molecule has 2 heterocycles. The van der Waals surface area contributed by atoms with E-state index in [0.717, 1.165) is 16.9 Å². The fourth-order valence-electron chi connectivity index (χ4n) is 4.45. The number of fused-ring (bicyclic) bond motifs is 1. The van der Waals surface area contributed by atoms with Crippen LogP contribution >= 0.6 is 11.3 Å². The summed E-state index contributed by atoms with van der Waals surface area (Å²) in [5, 5.41) is 11.6. The van der Waals surface area contributed by atoms with Crippen molar-refractivity contribution in [1.29, 1.82) is 0 Å². The van der Waals surface area contributed by atoms with E-state index in [2.05, 4.69) is 18.8 Å². The molecule has 0 radical (unpaired) electrons. The normalized spacial score (nSPS) is 17.2. The van der Waals surface area contributed by atoms with E-state index in [9.17, 15) is 19.1 Å². The zero-order valence-electron chi connectivity index (χ0n) is 20.6. The minimum absolute atomic E-state index is 0.0404. The average molecular weight is 517 g/mol. The molecular weight excluding hydrogens is 491 g/mol. The topological polar surface area (TPSA) is 79.7 Å². The summed E-state index contributed by atoms with van der Waals surface area (Å²) >= 11 is 1.12. The molecule has 1 saturated heterocycles. The van der Waals surface area contributed by atoms with Gasteiger partial charge in [0.1, 0.15) is 17.3 Å². The molecular formula is C29H25FN2O4S. The van der Waals surface area contributed by atoms with Crippen LogP contribution in [-0.4, -0.2) is 28.4 Å². The molecule has 1 unspecified atom stereocenters. The number of rotatable bonds is 6. The van der Waals surface area contributed by atoms with Gasteiger partial charge in [0.2, 0.25) is 0 Å². The predicted octanol–water partition coefficient (Wildman–Crippen LogP) is 6.58. The number of ether oxygens (including phenoxy) is 1. The van der Waals surface area contributed by atoms with Gasteiger partial charge in [-0.25, -0.2) is 9.37 Å². The number of thiazole rings is 1. The summed E-state index contributed by atoms with van der Waals surface area (Å²) in [5.74, 6) is -1.51. The molecule has 5 rings (SSSR count). The van der Waals surface area contributed by atoms with E-state index in [0.29, 0.717) is 39.6 Å². The first-order valence-electron chi connectivity index (χ1n) is 12.0. The average Bonchev–Trinajstić information content (AvgIpc) is 3.41. The summed E-state index contributed by atoms with van der Waals surface area (Å²) in [6.07, 6.45) is 0. The highest BCUT2D eigenvalue weighted by atomic mass is 32.1. The maximum Gasteiger partial charge on any atom is 0.301 e. The third kappa shape index (κ3) is 4.49. The summed E-state index contributed by atoms with van der Waals surface area (Å²) < 4.78 is 19.9. The molecule has 1 atom stereocenters. The second kappa shape index (κ2) is 9.78. The molecule has 1 aliphatic rings. The van der Waals surface area contributed by atoms with Crippen molar-refractivity contribution in [2.75, 3.05) is 11.5 Å². The number of ketones is 1. The maximum atomic E-state index is 13.8. The Kier molecular flexibility index (Phi) is 6.52. The first-order valence-corrected chi connectivity index (χ1v) is 12.8. The van der Waals surface area contributed by atoms with Crippen LogP contribution in [0.1, 0.15) is 49.4 Å². The quantitative estimate of drug-likeness (QED) is 0.178. The molecule has 8 heteroatoms. The molecule has 4 aromatic rings. The van der Waals surface area contributed by atoms with Gasteiger partial charge in [-0.15, -0.1) is 0 Å². The fourth-order valence-corrected chi connectivity index (χ4v) is 5.47. The van der Waals surface area contributed by atoms with Crippen molar-refractivity contribution in [2.45, 2.75) is 32.7 Å². The van der Waals surface area contributed by atoms with Crippen LogP contribution in [-0.2, 0) is 9.59 Å². The van der Waals surface area contributed by atoms with E-state index >= 15 is 0 Å². The lowest BCUT2D eigenvalue weighted by molar-refractivity contribution is -0.132. The molecule has 1 fully saturated rings. The molecule has 188 valence electrons. The zero-order valence-corrected chi connectivity index (χ0v) is 21.4. The number of halogens is 1. The van der Waals surface area contributed by atoms with Crippen LogP contribution < -0.4 is 9.64 Å². The number of aromatic nitrogens is 1. The minimum atomic E-state index is -0.914. The molecule has 37 heavy (non-hydrogen) atoms. The molecule has 0 saturated carbocycles. The molecule has 1 aromatic heterocycles. The summed E-state index contributed by atoms with van der Waals surface area (Å²) in [6, 6.07) is 17.6. The van der Waals surface area contributed by atoms with Gasteiger partial charge >= 0.3 is 5.91 Å². The van der Waals surface area contributed by atoms with E-state index in [1.807, 2.05) is 31.2 Å². The van der Waals surface area contributed by atoms with Gasteiger partial charge in [-0.2, -0.15) is 0 Å². The number of benzene rings is 3. The largest absolute Gasteiger partial charge is 0.507 e. The number of hydrogen-bond acceptors (Lipinski definition) is 6. The zero-order chi connectivity index (χ0) is 26.3. The van der Waals surface area contributed by atoms with Gasteiger partial charge in [0.05, 0.1) is 28.4 Å². The van der Waals surface area contributed by atoms with Gasteiger partial charge in [-0.3, -0.25) is 14.5 Å². The molecule has 0 aliphatic carbocycles. The van der Waals surface area contributed by atoms with E-state index in [1.165, 1.54) is 23.1 Å². The van der Waals surface area contributed by atoms with Gasteiger partial charge in [0, 0.05) is 5.56 Å². The van der Waals surface area contributed by atoms with Crippen LogP contribution in [0.3, 0.4) is 0 Å². The van der Waals surface area contributed by atoms with E-state index in [4.69, 9.17) is 4.74 Å². The van der Waals surface area contributed by atoms with Crippen LogP contribution in [0.15, 0.2) is 72.3 Å². The van der Waals surface area contributed by atoms with E-state index in [1.54, 1.807) is 24.3 Å². The van der Waals surface area contributed by atoms with Crippen molar-refractivity contribution in [3.05, 3.63) is 94.8 Å². The number of carbonyl (C=O) groups is 2. The molecule has 0 bridgehead atoms. The number of aliphatic hydroxyl groups is 1. The Morgan fingerprint density at radius 3 is 2.57 bits per heavy atom. The fraction of sp³-hybridized carbons (Fsp3) is 0.207. The second-order valence-corrected chi connectivity index (χ2v) is 10.1. The highest BCUT2D eigenvalue weighted by Gasteiger charge is 2.48. The lowest BCUT2D eigenvalue weighted by atomic mass is 9.93. The second-order valence-electron chi connectivity index (χ2n) is 9.06. The molecule has 1 amide bonds. The smallest absolute Gasteiger partial charge is 0.301 e. The number of aliphatic hydroxyl groups excluding tert-OH is 1. The highest BCUT2D eigenvalue weighted by molar-refractivity contribution is 7.22. The van der Waals surface area contributed by atoms with E-state index in [-0.39, 0.29) is 16.5 Å². The van der Waals surface area contributed by atoms with Crippen molar-refractivity contribution in [3.63, 3.8) is 0 Å². The monoisotopic (exact) mass is 516 g/mol. The first kappa shape index (κ1) is 24.6. The predicted molar refractivity (Wildman–Crippen MR) is 143 cm³/mol. The van der Waals surface area contributed by atoms with Gasteiger partial charge in [-0.05, 0) is 54.3 Å². The van der Waals surface area contributed by atoms with Gasteiger partial charge in [-0.1, -0.05) is 61.6 Å². The lowest BCUT2D eigenvalue weighted by Gasteiger charge is -2.23. The third-order valence-electron chi connectivity index (χ3n) is 6.33. The Bertz CT molecular complexity index is 1540. The van der Waals surface area contributed by atoms with Gasteiger partial charge < -0.3 is 9.84 Å². The Labute approximate surface area is 217 Å². The SMILES string of the molecule is CCOc1cccc(/C(O)=C2\C(=O)C(=O)N(c3nc4ccc(F)cc4s3)C2c2ccc(C(C)C)cc2)c1. The molecule has 1 aliphatic heterocycles. The summed E-state index contributed by atoms with van der Waals surface area (Å²) in [7, 11) is 0. The molecule has 0 spiro atoms. The summed E-state index contributed by atoms with van der Waals surface area (Å²) in [5.41, 5.74) is 2.58. The number of amides is 1. The van der Waals surface area contributed by atoms with Crippen molar-refractivity contribution in [1.82, 2.24) is 4.98 Å². The Hall–Kier alpha value is -4.04. The Morgan fingerprint density at radius 2 is 1.86 bits per heavy atom. The van der Waals surface area contributed by atoms with Gasteiger partial charge in [0.15, 0.2) is 5.13 Å². The van der Waals surface area contributed by atoms with Crippen molar-refractivity contribution in [2.24, 2.45) is 0 Å². The molecule has 6 nitrogen and oxygen atoms in total. The minimum Gasteiger partial charge on any atom is -0.507 e. The third-order valence-corrected chi connectivity index (χ3v) is 7.34. The van der Waals surface area contributed by atoms with Crippen molar-refractivity contribution in [3.8, 4) is 5.75 Å². The highest BCUT2D eigenvalue weighted by Crippen LogP contribution is 2.44. The number of hydrogen-bond donors (Lipinski definition) is 1. The van der Waals surface area contributed by atoms with Crippen LogP contribution in [0.25, 0.3) is 16.0 Å². The standard InChI is InChI=1S/C29H25FN2O4S/c1-4-36-21-7-5-6-19(14-21)26(33)24-25(18-10-8-17(9-11-18)16(2)3)32(28(35)27(24)34)29-31-22-13-12-20(30)15-23(22)37-29/h5-16,25,33H,4H2,1-3H3/b26-24+. The first-order chi connectivity index (χ1) is 17.8. The van der Waals surface area contributed by atoms with Crippen LogP contribution in [0.4, 0.5) is 9.52 Å². The van der Waals surface area contributed by atoms with E-state index < -0.39 is 23.5 Å². The van der Waals surface area contributed by atoms with Crippen LogP contribution in [0.2, 0.25) is 0 Å². The van der Waals surface area contributed by atoms with Crippen molar-refractivity contribution < 1.29 is 23.8 Å². The molecule has 3 aromatic carbocycles. The Morgan fingerprint density at radius 1 is 1.11 bits per heavy atom. The number of anilines is 1. The van der Waals surface area contributed by atoms with Crippen LogP contribution in [0, 0.1) is 5.82 Å². The molecule has 1 N–H and O–H groups in total. The Balaban J connectivity index is 1.70. The number of Topliss-reactive ketones (excluding diaryl/α,β-unsaturated/α-hetero) is 1. The summed E-state index contributed by atoms with van der Waals surface area (Å²) in [4.78, 5) is 32.7.